The molecular formula is C12H13N7. The molecule has 0 saturated carbocycles. The van der Waals surface area contributed by atoms with Crippen molar-refractivity contribution in [3.63, 3.8) is 0 Å². The number of aromatic nitrogens is 5. The van der Waals surface area contributed by atoms with Crippen molar-refractivity contribution in [1.29, 1.82) is 0 Å². The summed E-state index contributed by atoms with van der Waals surface area (Å²) in [6, 6.07) is 3.93. The maximum absolute atomic E-state index is 5.65. The number of anilines is 2. The molecule has 0 aliphatic carbocycles. The minimum atomic E-state index is 0.194. The zero-order chi connectivity index (χ0) is 13.2. The largest absolute Gasteiger partial charge is 0.368 e. The van der Waals surface area contributed by atoms with Gasteiger partial charge in [0.25, 0.3) is 0 Å². The van der Waals surface area contributed by atoms with Gasteiger partial charge in [-0.3, -0.25) is 4.98 Å². The summed E-state index contributed by atoms with van der Waals surface area (Å²) < 4.78 is 0. The Balaban J connectivity index is 1.90. The molecule has 0 saturated heterocycles. The predicted molar refractivity (Wildman–Crippen MR) is 72.4 cm³/mol. The van der Waals surface area contributed by atoms with Gasteiger partial charge in [0.15, 0.2) is 11.5 Å². The molecule has 0 aliphatic heterocycles. The standard InChI is InChI=1S/C12H13N7/c1-7-3-2-4-14-8(7)5-15-10-9-11(17-6-16-9)19-12(13)18-10/h2-4,6H,5H2,1H3,(H4,13,15,16,17,18,19). The van der Waals surface area contributed by atoms with Crippen LogP contribution in [-0.4, -0.2) is 24.9 Å². The Labute approximate surface area is 109 Å². The van der Waals surface area contributed by atoms with Crippen LogP contribution >= 0.6 is 0 Å². The summed E-state index contributed by atoms with van der Waals surface area (Å²) in [7, 11) is 0. The molecule has 3 aromatic heterocycles. The molecule has 0 bridgehead atoms. The van der Waals surface area contributed by atoms with Crippen LogP contribution in [-0.2, 0) is 6.54 Å². The molecule has 7 heteroatoms. The molecule has 0 unspecified atom stereocenters. The Morgan fingerprint density at radius 1 is 1.32 bits per heavy atom. The van der Waals surface area contributed by atoms with Gasteiger partial charge >= 0.3 is 0 Å². The number of nitrogen functional groups attached to an aromatic ring is 1. The Morgan fingerprint density at radius 3 is 3.05 bits per heavy atom. The molecule has 0 aromatic carbocycles. The minimum absolute atomic E-state index is 0.194. The normalized spacial score (nSPS) is 10.8. The van der Waals surface area contributed by atoms with E-state index >= 15 is 0 Å². The highest BCUT2D eigenvalue weighted by Gasteiger charge is 2.08. The van der Waals surface area contributed by atoms with Crippen molar-refractivity contribution in [2.45, 2.75) is 13.5 Å². The third-order valence-corrected chi connectivity index (χ3v) is 2.84. The molecule has 3 aromatic rings. The molecule has 19 heavy (non-hydrogen) atoms. The monoisotopic (exact) mass is 255 g/mol. The van der Waals surface area contributed by atoms with E-state index in [9.17, 15) is 0 Å². The first-order chi connectivity index (χ1) is 9.24. The van der Waals surface area contributed by atoms with Gasteiger partial charge in [-0.25, -0.2) is 4.98 Å². The molecule has 3 rings (SSSR count). The van der Waals surface area contributed by atoms with Gasteiger partial charge in [0.05, 0.1) is 18.6 Å². The number of aromatic amines is 1. The van der Waals surface area contributed by atoms with E-state index in [1.165, 1.54) is 0 Å². The number of hydrogen-bond acceptors (Lipinski definition) is 6. The van der Waals surface area contributed by atoms with Gasteiger partial charge in [-0.05, 0) is 18.6 Å². The Hall–Kier alpha value is -2.70. The Kier molecular flexibility index (Phi) is 2.71. The number of fused-ring (bicyclic) bond motifs is 1. The van der Waals surface area contributed by atoms with Gasteiger partial charge in [-0.15, -0.1) is 0 Å². The minimum Gasteiger partial charge on any atom is -0.368 e. The third kappa shape index (κ3) is 2.17. The van der Waals surface area contributed by atoms with Gasteiger partial charge in [-0.1, -0.05) is 6.07 Å². The van der Waals surface area contributed by atoms with Gasteiger partial charge in [0.2, 0.25) is 5.95 Å². The van der Waals surface area contributed by atoms with Crippen LogP contribution in [0.15, 0.2) is 24.7 Å². The van der Waals surface area contributed by atoms with E-state index in [-0.39, 0.29) is 5.95 Å². The maximum atomic E-state index is 5.65. The molecule has 0 amide bonds. The number of hydrogen-bond donors (Lipinski definition) is 3. The quantitative estimate of drug-likeness (QED) is 0.650. The molecular weight excluding hydrogens is 242 g/mol. The molecule has 3 heterocycles. The van der Waals surface area contributed by atoms with Crippen molar-refractivity contribution in [2.75, 3.05) is 11.1 Å². The average molecular weight is 255 g/mol. The van der Waals surface area contributed by atoms with E-state index in [0.29, 0.717) is 18.0 Å². The number of nitrogens with one attached hydrogen (secondary N) is 2. The number of aryl methyl sites for hydroxylation is 1. The Bertz CT molecular complexity index is 719. The molecule has 0 spiro atoms. The summed E-state index contributed by atoms with van der Waals surface area (Å²) in [6.45, 7) is 2.58. The Morgan fingerprint density at radius 2 is 2.21 bits per heavy atom. The van der Waals surface area contributed by atoms with Crippen molar-refractivity contribution >= 4 is 22.9 Å². The number of imidazole rings is 1. The molecule has 0 aliphatic rings. The summed E-state index contributed by atoms with van der Waals surface area (Å²) >= 11 is 0. The zero-order valence-corrected chi connectivity index (χ0v) is 10.4. The van der Waals surface area contributed by atoms with Crippen molar-refractivity contribution in [3.05, 3.63) is 35.9 Å². The van der Waals surface area contributed by atoms with Crippen molar-refractivity contribution < 1.29 is 0 Å². The highest BCUT2D eigenvalue weighted by atomic mass is 15.1. The summed E-state index contributed by atoms with van der Waals surface area (Å²) in [5.41, 5.74) is 9.03. The average Bonchev–Trinajstić information content (AvgIpc) is 2.85. The van der Waals surface area contributed by atoms with E-state index in [1.54, 1.807) is 12.5 Å². The van der Waals surface area contributed by atoms with Crippen molar-refractivity contribution in [2.24, 2.45) is 0 Å². The van der Waals surface area contributed by atoms with Gasteiger partial charge in [-0.2, -0.15) is 9.97 Å². The molecule has 7 nitrogen and oxygen atoms in total. The number of rotatable bonds is 3. The van der Waals surface area contributed by atoms with E-state index in [0.717, 1.165) is 16.8 Å². The SMILES string of the molecule is Cc1cccnc1CNc1nc(N)nc2nc[nH]c12. The smallest absolute Gasteiger partial charge is 0.224 e. The van der Waals surface area contributed by atoms with Crippen LogP contribution in [0, 0.1) is 6.92 Å². The van der Waals surface area contributed by atoms with Gasteiger partial charge in [0.1, 0.15) is 5.52 Å². The van der Waals surface area contributed by atoms with Crippen LogP contribution in [0.4, 0.5) is 11.8 Å². The summed E-state index contributed by atoms with van der Waals surface area (Å²) in [4.78, 5) is 19.6. The zero-order valence-electron chi connectivity index (χ0n) is 10.4. The number of pyridine rings is 1. The van der Waals surface area contributed by atoms with Crippen molar-refractivity contribution in [3.8, 4) is 0 Å². The van der Waals surface area contributed by atoms with Crippen LogP contribution in [0.25, 0.3) is 11.2 Å². The lowest BCUT2D eigenvalue weighted by atomic mass is 10.2. The molecule has 0 radical (unpaired) electrons. The van der Waals surface area contributed by atoms with Crippen molar-refractivity contribution in [1.82, 2.24) is 24.9 Å². The first-order valence-electron chi connectivity index (χ1n) is 5.85. The van der Waals surface area contributed by atoms with E-state index < -0.39 is 0 Å². The molecule has 96 valence electrons. The third-order valence-electron chi connectivity index (χ3n) is 2.84. The predicted octanol–water partition coefficient (Wildman–Crippen LogP) is 1.25. The highest BCUT2D eigenvalue weighted by molar-refractivity contribution is 5.83. The second-order valence-corrected chi connectivity index (χ2v) is 4.15. The maximum Gasteiger partial charge on any atom is 0.224 e. The number of nitrogens with two attached hydrogens (primary N) is 1. The number of nitrogens with zero attached hydrogens (tertiary/aromatic N) is 4. The van der Waals surface area contributed by atoms with E-state index in [4.69, 9.17) is 5.73 Å². The summed E-state index contributed by atoms with van der Waals surface area (Å²) in [5.74, 6) is 0.824. The highest BCUT2D eigenvalue weighted by Crippen LogP contribution is 2.18. The topological polar surface area (TPSA) is 105 Å². The molecule has 4 N–H and O–H groups in total. The lowest BCUT2D eigenvalue weighted by Crippen LogP contribution is -2.07. The lowest BCUT2D eigenvalue weighted by molar-refractivity contribution is 1.01. The first kappa shape index (κ1) is 11.4. The van der Waals surface area contributed by atoms with Crippen LogP contribution in [0.1, 0.15) is 11.3 Å². The molecule has 0 fully saturated rings. The fourth-order valence-corrected chi connectivity index (χ4v) is 1.85. The summed E-state index contributed by atoms with van der Waals surface area (Å²) in [5, 5.41) is 3.21. The van der Waals surface area contributed by atoms with E-state index in [2.05, 4.69) is 30.2 Å². The van der Waals surface area contributed by atoms with Gasteiger partial charge in [0, 0.05) is 6.20 Å². The molecule has 0 atom stereocenters. The van der Waals surface area contributed by atoms with Crippen LogP contribution in [0.3, 0.4) is 0 Å². The van der Waals surface area contributed by atoms with Crippen LogP contribution in [0.5, 0.6) is 0 Å². The lowest BCUT2D eigenvalue weighted by Gasteiger charge is -2.08. The second-order valence-electron chi connectivity index (χ2n) is 4.15. The fraction of sp³-hybridized carbons (Fsp3) is 0.167. The second kappa shape index (κ2) is 4.52. The van der Waals surface area contributed by atoms with Crippen LogP contribution < -0.4 is 11.1 Å². The summed E-state index contributed by atoms with van der Waals surface area (Å²) in [6.07, 6.45) is 3.33. The number of H-pyrrole nitrogens is 1. The first-order valence-corrected chi connectivity index (χ1v) is 5.85. The fourth-order valence-electron chi connectivity index (χ4n) is 1.85. The van der Waals surface area contributed by atoms with Crippen LogP contribution in [0.2, 0.25) is 0 Å². The van der Waals surface area contributed by atoms with E-state index in [1.807, 2.05) is 19.1 Å². The van der Waals surface area contributed by atoms with Gasteiger partial charge < -0.3 is 16.0 Å².